The summed E-state index contributed by atoms with van der Waals surface area (Å²) in [5.41, 5.74) is 0. The van der Waals surface area contributed by atoms with E-state index < -0.39 is 5.97 Å². The Kier molecular flexibility index (Phi) is 9.32. The van der Waals surface area contributed by atoms with Crippen LogP contribution in [0.15, 0.2) is 0 Å². The molecule has 12 heavy (non-hydrogen) atoms. The Bertz CT molecular complexity index is 119. The van der Waals surface area contributed by atoms with Gasteiger partial charge in [0.15, 0.2) is 0 Å². The van der Waals surface area contributed by atoms with Crippen molar-refractivity contribution in [1.29, 1.82) is 0 Å². The molecule has 3 nitrogen and oxygen atoms in total. The molecule has 0 radical (unpaired) electrons. The first-order chi connectivity index (χ1) is 5.77. The fraction of sp³-hybridized carbons (Fsp3) is 0.857. The Morgan fingerprint density at radius 3 is 2.17 bits per heavy atom. The molecule has 0 aliphatic heterocycles. The number of aliphatic hydroxyl groups is 1. The number of aliphatic hydroxyl groups excluding tert-OH is 1. The topological polar surface area (TPSA) is 57.5 Å². The number of aliphatic carboxylic acids is 1. The molecular weight excluding hydrogens is 196 g/mol. The van der Waals surface area contributed by atoms with Crippen LogP contribution in [0.25, 0.3) is 0 Å². The quantitative estimate of drug-likeness (QED) is 0.583. The second-order valence-electron chi connectivity index (χ2n) is 2.09. The van der Waals surface area contributed by atoms with E-state index in [1.165, 1.54) is 0 Å². The van der Waals surface area contributed by atoms with Gasteiger partial charge >= 0.3 is 5.97 Å². The van der Waals surface area contributed by atoms with E-state index in [1.807, 2.05) is 0 Å². The van der Waals surface area contributed by atoms with Crippen molar-refractivity contribution in [3.8, 4) is 0 Å². The van der Waals surface area contributed by atoms with Gasteiger partial charge in [-0.05, 0) is 0 Å². The van der Waals surface area contributed by atoms with Gasteiger partial charge in [-0.1, -0.05) is 0 Å². The standard InChI is InChI=1S/C7H14O3S2/c8-2-4-12-6-5-11-3-1-7(9)10/h8H,1-6H2,(H,9,10). The highest BCUT2D eigenvalue weighted by Crippen LogP contribution is 2.07. The van der Waals surface area contributed by atoms with Crippen molar-refractivity contribution in [2.45, 2.75) is 6.42 Å². The largest absolute Gasteiger partial charge is 0.481 e. The summed E-state index contributed by atoms with van der Waals surface area (Å²) in [7, 11) is 0. The van der Waals surface area contributed by atoms with E-state index in [1.54, 1.807) is 23.5 Å². The van der Waals surface area contributed by atoms with Crippen molar-refractivity contribution in [1.82, 2.24) is 0 Å². The van der Waals surface area contributed by atoms with Crippen molar-refractivity contribution in [2.75, 3.05) is 29.6 Å². The highest BCUT2D eigenvalue weighted by Gasteiger charge is 1.96. The van der Waals surface area contributed by atoms with Crippen LogP contribution in [0.1, 0.15) is 6.42 Å². The first kappa shape index (κ1) is 12.1. The summed E-state index contributed by atoms with van der Waals surface area (Å²) < 4.78 is 0. The lowest BCUT2D eigenvalue weighted by atomic mass is 10.5. The van der Waals surface area contributed by atoms with Crippen molar-refractivity contribution >= 4 is 29.5 Å². The number of carboxylic acids is 1. The summed E-state index contributed by atoms with van der Waals surface area (Å²) in [5.74, 6) is 2.70. The van der Waals surface area contributed by atoms with Gasteiger partial charge in [0.25, 0.3) is 0 Å². The van der Waals surface area contributed by atoms with E-state index in [0.717, 1.165) is 17.3 Å². The van der Waals surface area contributed by atoms with Crippen LogP contribution in [-0.4, -0.2) is 45.8 Å². The Morgan fingerprint density at radius 1 is 1.08 bits per heavy atom. The van der Waals surface area contributed by atoms with E-state index in [-0.39, 0.29) is 13.0 Å². The minimum Gasteiger partial charge on any atom is -0.481 e. The molecule has 0 bridgehead atoms. The Morgan fingerprint density at radius 2 is 1.67 bits per heavy atom. The smallest absolute Gasteiger partial charge is 0.304 e. The third kappa shape index (κ3) is 10.1. The molecule has 0 aliphatic carbocycles. The first-order valence-corrected chi connectivity index (χ1v) is 6.06. The molecule has 0 spiro atoms. The van der Waals surface area contributed by atoms with Gasteiger partial charge in [0.05, 0.1) is 13.0 Å². The predicted octanol–water partition coefficient (Wildman–Crippen LogP) is 0.920. The van der Waals surface area contributed by atoms with Crippen LogP contribution in [0.4, 0.5) is 0 Å². The molecule has 5 heteroatoms. The molecule has 0 aromatic heterocycles. The van der Waals surface area contributed by atoms with Crippen LogP contribution in [-0.2, 0) is 4.79 Å². The van der Waals surface area contributed by atoms with E-state index in [2.05, 4.69) is 0 Å². The van der Waals surface area contributed by atoms with Crippen LogP contribution < -0.4 is 0 Å². The number of hydrogen-bond acceptors (Lipinski definition) is 4. The monoisotopic (exact) mass is 210 g/mol. The van der Waals surface area contributed by atoms with Crippen LogP contribution in [0.2, 0.25) is 0 Å². The lowest BCUT2D eigenvalue weighted by molar-refractivity contribution is -0.136. The van der Waals surface area contributed by atoms with Crippen LogP contribution in [0.3, 0.4) is 0 Å². The minimum absolute atomic E-state index is 0.227. The average molecular weight is 210 g/mol. The molecule has 0 aliphatic rings. The number of thioether (sulfide) groups is 2. The van der Waals surface area contributed by atoms with Crippen molar-refractivity contribution in [2.24, 2.45) is 0 Å². The molecule has 0 atom stereocenters. The maximum Gasteiger partial charge on any atom is 0.304 e. The maximum absolute atomic E-state index is 10.1. The van der Waals surface area contributed by atoms with Gasteiger partial charge in [-0.3, -0.25) is 4.79 Å². The fourth-order valence-electron chi connectivity index (χ4n) is 0.546. The summed E-state index contributed by atoms with van der Waals surface area (Å²) >= 11 is 3.34. The fourth-order valence-corrected chi connectivity index (χ4v) is 2.35. The van der Waals surface area contributed by atoms with Gasteiger partial charge in [0.2, 0.25) is 0 Å². The third-order valence-corrected chi connectivity index (χ3v) is 3.28. The van der Waals surface area contributed by atoms with E-state index in [4.69, 9.17) is 10.2 Å². The number of rotatable bonds is 8. The summed E-state index contributed by atoms with van der Waals surface area (Å²) in [6.45, 7) is 0.227. The van der Waals surface area contributed by atoms with E-state index in [9.17, 15) is 4.79 Å². The molecule has 72 valence electrons. The maximum atomic E-state index is 10.1. The van der Waals surface area contributed by atoms with Crippen molar-refractivity contribution in [3.05, 3.63) is 0 Å². The van der Waals surface area contributed by atoms with E-state index >= 15 is 0 Å². The average Bonchev–Trinajstić information content (AvgIpc) is 2.02. The van der Waals surface area contributed by atoms with Gasteiger partial charge in [-0.15, -0.1) is 0 Å². The van der Waals surface area contributed by atoms with Gasteiger partial charge in [0, 0.05) is 23.0 Å². The minimum atomic E-state index is -0.731. The van der Waals surface area contributed by atoms with Crippen LogP contribution >= 0.6 is 23.5 Å². The molecule has 0 amide bonds. The summed E-state index contributed by atoms with van der Waals surface area (Å²) in [5, 5.41) is 16.7. The molecule has 0 unspecified atom stereocenters. The molecule has 0 saturated carbocycles. The molecule has 0 fully saturated rings. The molecule has 0 aromatic rings. The third-order valence-electron chi connectivity index (χ3n) is 1.07. The summed E-state index contributed by atoms with van der Waals surface area (Å²) in [4.78, 5) is 10.1. The molecule has 0 saturated heterocycles. The molecule has 2 N–H and O–H groups in total. The Balaban J connectivity index is 2.86. The van der Waals surface area contributed by atoms with Gasteiger partial charge in [0.1, 0.15) is 0 Å². The van der Waals surface area contributed by atoms with Gasteiger partial charge in [-0.2, -0.15) is 23.5 Å². The highest BCUT2D eigenvalue weighted by atomic mass is 32.2. The van der Waals surface area contributed by atoms with E-state index in [0.29, 0.717) is 5.75 Å². The zero-order chi connectivity index (χ0) is 9.23. The Hall–Kier alpha value is 0.130. The highest BCUT2D eigenvalue weighted by molar-refractivity contribution is 8.02. The molecule has 0 heterocycles. The van der Waals surface area contributed by atoms with Crippen molar-refractivity contribution < 1.29 is 15.0 Å². The first-order valence-electron chi connectivity index (χ1n) is 3.75. The lowest BCUT2D eigenvalue weighted by Crippen LogP contribution is -1.97. The van der Waals surface area contributed by atoms with Crippen molar-refractivity contribution in [3.63, 3.8) is 0 Å². The predicted molar refractivity (Wildman–Crippen MR) is 54.0 cm³/mol. The van der Waals surface area contributed by atoms with Gasteiger partial charge < -0.3 is 10.2 Å². The number of carboxylic acid groups (broad SMARTS) is 1. The van der Waals surface area contributed by atoms with Crippen LogP contribution in [0, 0.1) is 0 Å². The zero-order valence-electron chi connectivity index (χ0n) is 6.86. The number of hydrogen-bond donors (Lipinski definition) is 2. The molecule has 0 rings (SSSR count). The van der Waals surface area contributed by atoms with Gasteiger partial charge in [-0.25, -0.2) is 0 Å². The normalized spacial score (nSPS) is 10.1. The Labute approximate surface area is 80.9 Å². The molecule has 0 aromatic carbocycles. The summed E-state index contributed by atoms with van der Waals surface area (Å²) in [6.07, 6.45) is 0.245. The summed E-state index contributed by atoms with van der Waals surface area (Å²) in [6, 6.07) is 0. The SMILES string of the molecule is O=C(O)CCSCCSCCO. The lowest BCUT2D eigenvalue weighted by Gasteiger charge is -1.98. The second-order valence-corrected chi connectivity index (χ2v) is 4.54. The zero-order valence-corrected chi connectivity index (χ0v) is 8.49. The second kappa shape index (κ2) is 9.22. The number of carbonyl (C=O) groups is 1. The molecular formula is C7H14O3S2. The van der Waals surface area contributed by atoms with Crippen LogP contribution in [0.5, 0.6) is 0 Å².